The number of nitrogens with one attached hydrogen (secondary N) is 2. The van der Waals surface area contributed by atoms with E-state index in [1.165, 1.54) is 18.2 Å². The normalized spacial score (nSPS) is 16.4. The quantitative estimate of drug-likeness (QED) is 0.324. The van der Waals surface area contributed by atoms with Gasteiger partial charge in [-0.25, -0.2) is 4.79 Å². The molecule has 0 radical (unpaired) electrons. The first-order valence-corrected chi connectivity index (χ1v) is 9.10. The van der Waals surface area contributed by atoms with Crippen LogP contribution in [0.4, 0.5) is 5.69 Å². The number of esters is 1. The number of allylic oxidation sites excluding steroid dienone is 1. The summed E-state index contributed by atoms with van der Waals surface area (Å²) in [5.74, 6) is 0.124. The molecule has 146 valence electrons. The number of carbonyl (C=O) groups excluding carboxylic acids is 1. The fraction of sp³-hybridized carbons (Fsp3) is 0.222. The summed E-state index contributed by atoms with van der Waals surface area (Å²) in [6, 6.07) is 6.84. The second-order valence-electron chi connectivity index (χ2n) is 5.91. The Labute approximate surface area is 170 Å². The first kappa shape index (κ1) is 19.8. The highest BCUT2D eigenvalue weighted by molar-refractivity contribution is 7.80. The lowest BCUT2D eigenvalue weighted by Gasteiger charge is -2.28. The van der Waals surface area contributed by atoms with Crippen molar-refractivity contribution in [3.63, 3.8) is 0 Å². The number of carbonyl (C=O) groups is 1. The molecule has 28 heavy (non-hydrogen) atoms. The molecule has 2 N–H and O–H groups in total. The van der Waals surface area contributed by atoms with Gasteiger partial charge in [-0.1, -0.05) is 11.6 Å². The third-order valence-electron chi connectivity index (χ3n) is 4.10. The molecule has 2 heterocycles. The van der Waals surface area contributed by atoms with Crippen molar-refractivity contribution in [3.8, 4) is 11.3 Å². The maximum atomic E-state index is 12.4. The Morgan fingerprint density at radius 1 is 1.39 bits per heavy atom. The van der Waals surface area contributed by atoms with Crippen molar-refractivity contribution in [2.24, 2.45) is 0 Å². The molecule has 0 unspecified atom stereocenters. The highest BCUT2D eigenvalue weighted by Gasteiger charge is 2.33. The molecule has 0 aliphatic carbocycles. The Bertz CT molecular complexity index is 1000. The molecule has 8 nitrogen and oxygen atoms in total. The third-order valence-corrected chi connectivity index (χ3v) is 4.55. The monoisotopic (exact) mass is 421 g/mol. The lowest BCUT2D eigenvalue weighted by Crippen LogP contribution is -2.45. The van der Waals surface area contributed by atoms with E-state index in [4.69, 9.17) is 33.0 Å². The molecule has 0 fully saturated rings. The van der Waals surface area contributed by atoms with Crippen molar-refractivity contribution in [1.82, 2.24) is 10.6 Å². The maximum absolute atomic E-state index is 12.4. The van der Waals surface area contributed by atoms with Crippen LogP contribution in [0.15, 0.2) is 46.0 Å². The molecule has 1 aromatic heterocycles. The van der Waals surface area contributed by atoms with Gasteiger partial charge < -0.3 is 19.8 Å². The topological polar surface area (TPSA) is 107 Å². The number of ether oxygens (including phenoxy) is 1. The number of nitro groups is 1. The number of nitro benzene ring substituents is 1. The molecule has 1 atom stereocenters. The van der Waals surface area contributed by atoms with Gasteiger partial charge in [0.2, 0.25) is 0 Å². The van der Waals surface area contributed by atoms with Gasteiger partial charge in [0, 0.05) is 16.8 Å². The molecular weight excluding hydrogens is 406 g/mol. The van der Waals surface area contributed by atoms with Crippen LogP contribution in [0.25, 0.3) is 11.3 Å². The summed E-state index contributed by atoms with van der Waals surface area (Å²) in [5, 5.41) is 17.8. The lowest BCUT2D eigenvalue weighted by atomic mass is 10.0. The second kappa shape index (κ2) is 7.99. The molecule has 0 bridgehead atoms. The van der Waals surface area contributed by atoms with E-state index in [0.29, 0.717) is 22.1 Å². The zero-order valence-electron chi connectivity index (χ0n) is 14.9. The Morgan fingerprint density at radius 3 is 2.82 bits per heavy atom. The maximum Gasteiger partial charge on any atom is 0.338 e. The van der Waals surface area contributed by atoms with Crippen molar-refractivity contribution < 1.29 is 18.9 Å². The van der Waals surface area contributed by atoms with Gasteiger partial charge in [-0.3, -0.25) is 10.1 Å². The largest absolute Gasteiger partial charge is 0.463 e. The molecule has 0 saturated heterocycles. The summed E-state index contributed by atoms with van der Waals surface area (Å²) in [6.07, 6.45) is 0. The van der Waals surface area contributed by atoms with Crippen molar-refractivity contribution >= 4 is 40.6 Å². The summed E-state index contributed by atoms with van der Waals surface area (Å²) < 4.78 is 11.0. The molecule has 10 heteroatoms. The van der Waals surface area contributed by atoms with E-state index < -0.39 is 16.9 Å². The Balaban J connectivity index is 2.03. The number of furan rings is 1. The van der Waals surface area contributed by atoms with Crippen LogP contribution in [0.1, 0.15) is 25.6 Å². The van der Waals surface area contributed by atoms with Crippen LogP contribution in [0, 0.1) is 10.1 Å². The molecule has 0 spiro atoms. The summed E-state index contributed by atoms with van der Waals surface area (Å²) in [4.78, 5) is 23.2. The van der Waals surface area contributed by atoms with E-state index >= 15 is 0 Å². The van der Waals surface area contributed by atoms with Crippen molar-refractivity contribution in [3.05, 3.63) is 62.5 Å². The number of benzene rings is 1. The van der Waals surface area contributed by atoms with E-state index in [0.717, 1.165) is 0 Å². The van der Waals surface area contributed by atoms with Gasteiger partial charge in [0.05, 0.1) is 22.7 Å². The number of hydrogen-bond donors (Lipinski definition) is 2. The Hall–Kier alpha value is -2.91. The summed E-state index contributed by atoms with van der Waals surface area (Å²) in [6.45, 7) is 3.63. The van der Waals surface area contributed by atoms with Gasteiger partial charge in [-0.15, -0.1) is 0 Å². The van der Waals surface area contributed by atoms with Gasteiger partial charge in [0.1, 0.15) is 17.6 Å². The SMILES string of the molecule is CCOC(=O)C1=C(C)NC(=S)N[C@@H]1c1ccc(-c2ccc(Cl)cc2[N+](=O)[O-])o1. The second-order valence-corrected chi connectivity index (χ2v) is 6.76. The van der Waals surface area contributed by atoms with Crippen LogP contribution in [-0.4, -0.2) is 22.6 Å². The van der Waals surface area contributed by atoms with Gasteiger partial charge in [-0.2, -0.15) is 0 Å². The zero-order chi connectivity index (χ0) is 20.4. The van der Waals surface area contributed by atoms with Crippen molar-refractivity contribution in [1.29, 1.82) is 0 Å². The Morgan fingerprint density at radius 2 is 2.14 bits per heavy atom. The van der Waals surface area contributed by atoms with E-state index in [1.807, 2.05) is 0 Å². The summed E-state index contributed by atoms with van der Waals surface area (Å²) in [7, 11) is 0. The van der Waals surface area contributed by atoms with E-state index in [-0.39, 0.29) is 28.6 Å². The number of thiocarbonyl (C=S) groups is 1. The number of hydrogen-bond acceptors (Lipinski definition) is 6. The van der Waals surface area contributed by atoms with Gasteiger partial charge in [0.25, 0.3) is 5.69 Å². The zero-order valence-corrected chi connectivity index (χ0v) is 16.5. The predicted molar refractivity (Wildman–Crippen MR) is 107 cm³/mol. The number of halogens is 1. The third kappa shape index (κ3) is 3.85. The summed E-state index contributed by atoms with van der Waals surface area (Å²) in [5.41, 5.74) is 0.958. The Kier molecular flexibility index (Phi) is 5.66. The van der Waals surface area contributed by atoms with Crippen LogP contribution in [0.2, 0.25) is 5.02 Å². The lowest BCUT2D eigenvalue weighted by molar-refractivity contribution is -0.384. The molecule has 1 aliphatic heterocycles. The minimum atomic E-state index is -0.687. The van der Waals surface area contributed by atoms with Gasteiger partial charge in [0.15, 0.2) is 5.11 Å². The number of nitrogens with zero attached hydrogens (tertiary/aromatic N) is 1. The molecule has 0 amide bonds. The molecular formula is C18H16ClN3O5S. The van der Waals surface area contributed by atoms with E-state index in [1.54, 1.807) is 26.0 Å². The summed E-state index contributed by atoms with van der Waals surface area (Å²) >= 11 is 11.0. The standard InChI is InChI=1S/C18H16ClN3O5S/c1-3-26-17(23)15-9(2)20-18(28)21-16(15)14-7-6-13(27-14)11-5-4-10(19)8-12(11)22(24)25/h4-8,16H,3H2,1-2H3,(H2,20,21,28)/t16-/m1/s1. The molecule has 2 aromatic rings. The van der Waals surface area contributed by atoms with Crippen LogP contribution in [0.3, 0.4) is 0 Å². The molecule has 1 aromatic carbocycles. The van der Waals surface area contributed by atoms with E-state index in [9.17, 15) is 14.9 Å². The average molecular weight is 422 g/mol. The first-order valence-electron chi connectivity index (χ1n) is 8.31. The fourth-order valence-corrected chi connectivity index (χ4v) is 3.34. The molecule has 1 aliphatic rings. The minimum absolute atomic E-state index is 0.181. The smallest absolute Gasteiger partial charge is 0.338 e. The predicted octanol–water partition coefficient (Wildman–Crippen LogP) is 3.86. The van der Waals surface area contributed by atoms with Crippen LogP contribution >= 0.6 is 23.8 Å². The molecule has 0 saturated carbocycles. The fourth-order valence-electron chi connectivity index (χ4n) is 2.90. The highest BCUT2D eigenvalue weighted by Crippen LogP contribution is 2.36. The molecule has 3 rings (SSSR count). The van der Waals surface area contributed by atoms with Gasteiger partial charge >= 0.3 is 5.97 Å². The highest BCUT2D eigenvalue weighted by atomic mass is 35.5. The number of rotatable bonds is 5. The van der Waals surface area contributed by atoms with E-state index in [2.05, 4.69) is 10.6 Å². The average Bonchev–Trinajstić information content (AvgIpc) is 3.10. The van der Waals surface area contributed by atoms with Crippen LogP contribution in [-0.2, 0) is 9.53 Å². The minimum Gasteiger partial charge on any atom is -0.463 e. The first-order chi connectivity index (χ1) is 13.3. The van der Waals surface area contributed by atoms with Crippen molar-refractivity contribution in [2.75, 3.05) is 6.61 Å². The van der Waals surface area contributed by atoms with Crippen LogP contribution in [0.5, 0.6) is 0 Å². The van der Waals surface area contributed by atoms with Crippen LogP contribution < -0.4 is 10.6 Å². The van der Waals surface area contributed by atoms with Crippen molar-refractivity contribution in [2.45, 2.75) is 19.9 Å². The van der Waals surface area contributed by atoms with Gasteiger partial charge in [-0.05, 0) is 50.3 Å².